The predicted octanol–water partition coefficient (Wildman–Crippen LogP) is 1.76. The van der Waals surface area contributed by atoms with Gasteiger partial charge in [-0.15, -0.1) is 12.4 Å². The smallest absolute Gasteiger partial charge is 0.383 e. The highest BCUT2D eigenvalue weighted by Crippen LogP contribution is 2.31. The van der Waals surface area contributed by atoms with Crippen LogP contribution in [0.5, 0.6) is 0 Å². The zero-order valence-electron chi connectivity index (χ0n) is 11.4. The number of nitrogens with two attached hydrogens (primary N) is 1. The number of amides is 1. The van der Waals surface area contributed by atoms with E-state index in [1.807, 2.05) is 0 Å². The first kappa shape index (κ1) is 19.7. The van der Waals surface area contributed by atoms with E-state index in [1.54, 1.807) is 0 Å². The number of carbonyl (C=O) groups is 1. The molecule has 0 spiro atoms. The molecule has 0 bridgehead atoms. The fourth-order valence-corrected chi connectivity index (χ4v) is 1.72. The van der Waals surface area contributed by atoms with E-state index in [0.717, 1.165) is 6.07 Å². The average molecular weight is 327 g/mol. The van der Waals surface area contributed by atoms with Crippen molar-refractivity contribution in [3.63, 3.8) is 0 Å². The fourth-order valence-electron chi connectivity index (χ4n) is 1.72. The second-order valence-electron chi connectivity index (χ2n) is 4.26. The molecule has 21 heavy (non-hydrogen) atoms. The van der Waals surface area contributed by atoms with Crippen LogP contribution in [0, 0.1) is 0 Å². The third kappa shape index (κ3) is 6.33. The lowest BCUT2D eigenvalue weighted by molar-refractivity contribution is -0.138. The molecular formula is C13H18ClF3N2O2. The zero-order chi connectivity index (χ0) is 15.2. The first-order valence-corrected chi connectivity index (χ1v) is 6.03. The summed E-state index contributed by atoms with van der Waals surface area (Å²) in [5.41, 5.74) is 4.94. The van der Waals surface area contributed by atoms with Crippen LogP contribution in [0.1, 0.15) is 11.1 Å². The number of hydrogen-bond acceptors (Lipinski definition) is 3. The van der Waals surface area contributed by atoms with Crippen LogP contribution < -0.4 is 11.1 Å². The topological polar surface area (TPSA) is 64.3 Å². The van der Waals surface area contributed by atoms with Crippen LogP contribution in [0.3, 0.4) is 0 Å². The Morgan fingerprint density at radius 3 is 2.57 bits per heavy atom. The first-order valence-electron chi connectivity index (χ1n) is 6.03. The molecule has 1 aromatic rings. The van der Waals surface area contributed by atoms with E-state index in [9.17, 15) is 18.0 Å². The summed E-state index contributed by atoms with van der Waals surface area (Å²) in [7, 11) is 1.41. The molecular weight excluding hydrogens is 309 g/mol. The number of hydrogen-bond donors (Lipinski definition) is 2. The van der Waals surface area contributed by atoms with E-state index >= 15 is 0 Å². The van der Waals surface area contributed by atoms with Gasteiger partial charge in [-0.3, -0.25) is 4.79 Å². The molecule has 0 radical (unpaired) electrons. The van der Waals surface area contributed by atoms with E-state index in [1.165, 1.54) is 25.3 Å². The molecule has 3 N–H and O–H groups in total. The maximum absolute atomic E-state index is 12.7. The summed E-state index contributed by atoms with van der Waals surface area (Å²) < 4.78 is 42.9. The molecule has 1 aromatic carbocycles. The number of rotatable bonds is 6. The monoisotopic (exact) mass is 326 g/mol. The molecule has 1 unspecified atom stereocenters. The molecule has 0 saturated heterocycles. The maximum Gasteiger partial charge on any atom is 0.416 e. The Kier molecular flexibility index (Phi) is 8.31. The molecule has 0 heterocycles. The van der Waals surface area contributed by atoms with Gasteiger partial charge in [-0.2, -0.15) is 13.2 Å². The van der Waals surface area contributed by atoms with Crippen molar-refractivity contribution in [3.8, 4) is 0 Å². The number of benzene rings is 1. The van der Waals surface area contributed by atoms with Gasteiger partial charge in [-0.1, -0.05) is 18.2 Å². The Bertz CT molecular complexity index is 455. The highest BCUT2D eigenvalue weighted by atomic mass is 35.5. The molecule has 0 fully saturated rings. The van der Waals surface area contributed by atoms with Crippen LogP contribution in [-0.4, -0.2) is 32.2 Å². The number of carbonyl (C=O) groups excluding carboxylic acids is 1. The second-order valence-corrected chi connectivity index (χ2v) is 4.26. The minimum absolute atomic E-state index is 0. The van der Waals surface area contributed by atoms with Crippen molar-refractivity contribution in [2.24, 2.45) is 5.73 Å². The van der Waals surface area contributed by atoms with Gasteiger partial charge >= 0.3 is 6.18 Å². The molecule has 1 rings (SSSR count). The van der Waals surface area contributed by atoms with Crippen LogP contribution in [0.25, 0.3) is 0 Å². The molecule has 0 aliphatic carbocycles. The Morgan fingerprint density at radius 2 is 2.00 bits per heavy atom. The van der Waals surface area contributed by atoms with Crippen molar-refractivity contribution in [3.05, 3.63) is 35.4 Å². The normalized spacial score (nSPS) is 12.4. The number of methoxy groups -OCH3 is 1. The van der Waals surface area contributed by atoms with Crippen LogP contribution in [0.15, 0.2) is 24.3 Å². The lowest BCUT2D eigenvalue weighted by atomic mass is 10.0. The van der Waals surface area contributed by atoms with Gasteiger partial charge in [0.15, 0.2) is 0 Å². The summed E-state index contributed by atoms with van der Waals surface area (Å²) in [5, 5.41) is 2.48. The lowest BCUT2D eigenvalue weighted by Crippen LogP contribution is -2.44. The Morgan fingerprint density at radius 1 is 1.38 bits per heavy atom. The predicted molar refractivity (Wildman–Crippen MR) is 75.3 cm³/mol. The molecule has 4 nitrogen and oxygen atoms in total. The van der Waals surface area contributed by atoms with Crippen molar-refractivity contribution in [1.29, 1.82) is 0 Å². The standard InChI is InChI=1S/C13H17F3N2O2.ClH/c1-20-8-11(17)12(19)18-7-6-9-4-2-3-5-10(9)13(14,15)16;/h2-5,11H,6-8,17H2,1H3,(H,18,19);1H. The summed E-state index contributed by atoms with van der Waals surface area (Å²) in [6, 6.07) is 4.46. The third-order valence-electron chi connectivity index (χ3n) is 2.70. The van der Waals surface area contributed by atoms with Gasteiger partial charge < -0.3 is 15.8 Å². The average Bonchev–Trinajstić information content (AvgIpc) is 2.38. The summed E-state index contributed by atoms with van der Waals surface area (Å²) in [5.74, 6) is -0.448. The molecule has 0 aliphatic heterocycles. The van der Waals surface area contributed by atoms with E-state index in [-0.39, 0.29) is 37.5 Å². The number of alkyl halides is 3. The van der Waals surface area contributed by atoms with Crippen LogP contribution >= 0.6 is 12.4 Å². The van der Waals surface area contributed by atoms with Crippen LogP contribution in [-0.2, 0) is 22.1 Å². The Hall–Kier alpha value is -1.31. The van der Waals surface area contributed by atoms with E-state index < -0.39 is 23.7 Å². The lowest BCUT2D eigenvalue weighted by Gasteiger charge is -2.14. The van der Waals surface area contributed by atoms with Crippen LogP contribution in [0.4, 0.5) is 13.2 Å². The highest BCUT2D eigenvalue weighted by molar-refractivity contribution is 5.85. The van der Waals surface area contributed by atoms with E-state index in [4.69, 9.17) is 10.5 Å². The largest absolute Gasteiger partial charge is 0.416 e. The molecule has 120 valence electrons. The van der Waals surface area contributed by atoms with Gasteiger partial charge in [0, 0.05) is 13.7 Å². The van der Waals surface area contributed by atoms with Gasteiger partial charge in [0.25, 0.3) is 0 Å². The summed E-state index contributed by atoms with van der Waals surface area (Å²) in [6.07, 6.45) is -4.31. The van der Waals surface area contributed by atoms with Gasteiger partial charge in [0.2, 0.25) is 5.91 Å². The first-order chi connectivity index (χ1) is 9.36. The van der Waals surface area contributed by atoms with Crippen molar-refractivity contribution < 1.29 is 22.7 Å². The molecule has 0 aliphatic rings. The molecule has 0 saturated carbocycles. The van der Waals surface area contributed by atoms with Crippen molar-refractivity contribution >= 4 is 18.3 Å². The van der Waals surface area contributed by atoms with E-state index in [2.05, 4.69) is 5.32 Å². The minimum Gasteiger partial charge on any atom is -0.383 e. The second kappa shape index (κ2) is 8.86. The van der Waals surface area contributed by atoms with Crippen molar-refractivity contribution in [2.75, 3.05) is 20.3 Å². The maximum atomic E-state index is 12.7. The molecule has 1 amide bonds. The van der Waals surface area contributed by atoms with Crippen molar-refractivity contribution in [1.82, 2.24) is 5.32 Å². The summed E-state index contributed by atoms with van der Waals surface area (Å²) >= 11 is 0. The summed E-state index contributed by atoms with van der Waals surface area (Å²) in [4.78, 5) is 11.5. The SMILES string of the molecule is COCC(N)C(=O)NCCc1ccccc1C(F)(F)F.Cl. The number of ether oxygens (including phenoxy) is 1. The quantitative estimate of drug-likeness (QED) is 0.837. The number of halogens is 4. The van der Waals surface area contributed by atoms with Gasteiger partial charge in [0.1, 0.15) is 6.04 Å². The Labute approximate surface area is 127 Å². The van der Waals surface area contributed by atoms with Gasteiger partial charge in [0.05, 0.1) is 12.2 Å². The molecule has 8 heteroatoms. The van der Waals surface area contributed by atoms with Gasteiger partial charge in [-0.05, 0) is 18.1 Å². The summed E-state index contributed by atoms with van der Waals surface area (Å²) in [6.45, 7) is 0.147. The van der Waals surface area contributed by atoms with Crippen molar-refractivity contribution in [2.45, 2.75) is 18.6 Å². The molecule has 0 aromatic heterocycles. The highest BCUT2D eigenvalue weighted by Gasteiger charge is 2.32. The molecule has 1 atom stereocenters. The zero-order valence-corrected chi connectivity index (χ0v) is 12.3. The van der Waals surface area contributed by atoms with Gasteiger partial charge in [-0.25, -0.2) is 0 Å². The van der Waals surface area contributed by atoms with E-state index in [0.29, 0.717) is 0 Å². The minimum atomic E-state index is -4.40. The number of nitrogens with one attached hydrogen (secondary N) is 1. The Balaban J connectivity index is 0.00000400. The van der Waals surface area contributed by atoms with Crippen LogP contribution in [0.2, 0.25) is 0 Å². The fraction of sp³-hybridized carbons (Fsp3) is 0.462. The third-order valence-corrected chi connectivity index (χ3v) is 2.70.